The van der Waals surface area contributed by atoms with Crippen LogP contribution in [0.2, 0.25) is 0 Å². The average Bonchev–Trinajstić information content (AvgIpc) is 2.57. The number of aryl methyl sites for hydroxylation is 2. The molecular formula is C18H23N7. The van der Waals surface area contributed by atoms with E-state index in [1.165, 1.54) is 5.56 Å². The first-order valence-corrected chi connectivity index (χ1v) is 8.24. The van der Waals surface area contributed by atoms with E-state index in [1.54, 1.807) is 12.4 Å². The van der Waals surface area contributed by atoms with E-state index in [0.717, 1.165) is 24.3 Å². The lowest BCUT2D eigenvalue weighted by atomic mass is 10.1. The second-order valence-corrected chi connectivity index (χ2v) is 6.30. The van der Waals surface area contributed by atoms with Crippen molar-refractivity contribution >= 4 is 28.6 Å². The molecule has 25 heavy (non-hydrogen) atoms. The molecule has 0 unspecified atom stereocenters. The van der Waals surface area contributed by atoms with Crippen molar-refractivity contribution in [1.82, 2.24) is 24.8 Å². The lowest BCUT2D eigenvalue weighted by Crippen LogP contribution is -2.21. The van der Waals surface area contributed by atoms with Crippen LogP contribution in [0.15, 0.2) is 30.6 Å². The van der Waals surface area contributed by atoms with E-state index >= 15 is 0 Å². The van der Waals surface area contributed by atoms with Gasteiger partial charge in [-0.15, -0.1) is 0 Å². The Labute approximate surface area is 147 Å². The zero-order valence-corrected chi connectivity index (χ0v) is 15.0. The number of rotatable bonds is 6. The van der Waals surface area contributed by atoms with E-state index < -0.39 is 0 Å². The van der Waals surface area contributed by atoms with Crippen molar-refractivity contribution in [3.8, 4) is 0 Å². The number of benzene rings is 1. The van der Waals surface area contributed by atoms with Gasteiger partial charge in [0.2, 0.25) is 5.95 Å². The van der Waals surface area contributed by atoms with Gasteiger partial charge >= 0.3 is 0 Å². The highest BCUT2D eigenvalue weighted by molar-refractivity contribution is 5.86. The van der Waals surface area contributed by atoms with Crippen molar-refractivity contribution < 1.29 is 0 Å². The van der Waals surface area contributed by atoms with Crippen LogP contribution in [0.3, 0.4) is 0 Å². The van der Waals surface area contributed by atoms with Gasteiger partial charge in [-0.2, -0.15) is 9.97 Å². The Morgan fingerprint density at radius 3 is 2.60 bits per heavy atom. The fraction of sp³-hybridized carbons (Fsp3) is 0.333. The summed E-state index contributed by atoms with van der Waals surface area (Å²) in [6.45, 7) is 5.79. The maximum atomic E-state index is 4.60. The highest BCUT2D eigenvalue weighted by atomic mass is 15.2. The van der Waals surface area contributed by atoms with Gasteiger partial charge in [-0.25, -0.2) is 9.97 Å². The molecule has 3 aromatic rings. The van der Waals surface area contributed by atoms with Crippen LogP contribution in [0.25, 0.3) is 11.2 Å². The molecule has 0 saturated carbocycles. The molecule has 2 heterocycles. The minimum atomic E-state index is 0.544. The lowest BCUT2D eigenvalue weighted by molar-refractivity contribution is 0.425. The molecular weight excluding hydrogens is 314 g/mol. The summed E-state index contributed by atoms with van der Waals surface area (Å²) in [5.74, 6) is 1.19. The van der Waals surface area contributed by atoms with Gasteiger partial charge in [0.1, 0.15) is 0 Å². The molecule has 0 saturated heterocycles. The van der Waals surface area contributed by atoms with Crippen LogP contribution in [0, 0.1) is 13.8 Å². The summed E-state index contributed by atoms with van der Waals surface area (Å²) in [6, 6.07) is 6.25. The SMILES string of the molecule is Cc1ccc(Nc2nc(NCCN(C)C)nc3nccnc23)c(C)c1. The predicted molar refractivity (Wildman–Crippen MR) is 101 cm³/mol. The van der Waals surface area contributed by atoms with E-state index in [1.807, 2.05) is 20.2 Å². The largest absolute Gasteiger partial charge is 0.353 e. The van der Waals surface area contributed by atoms with Crippen molar-refractivity contribution in [1.29, 1.82) is 0 Å². The molecule has 0 fully saturated rings. The van der Waals surface area contributed by atoms with E-state index in [9.17, 15) is 0 Å². The van der Waals surface area contributed by atoms with Gasteiger partial charge in [-0.3, -0.25) is 0 Å². The first-order valence-electron chi connectivity index (χ1n) is 8.24. The van der Waals surface area contributed by atoms with Crippen LogP contribution >= 0.6 is 0 Å². The Kier molecular flexibility index (Phi) is 5.04. The Morgan fingerprint density at radius 2 is 1.84 bits per heavy atom. The number of likely N-dealkylation sites (N-methyl/N-ethyl adjacent to an activating group) is 1. The maximum absolute atomic E-state index is 4.60. The van der Waals surface area contributed by atoms with E-state index in [-0.39, 0.29) is 0 Å². The number of nitrogens with one attached hydrogen (secondary N) is 2. The third-order valence-corrected chi connectivity index (χ3v) is 3.81. The average molecular weight is 337 g/mol. The summed E-state index contributed by atoms with van der Waals surface area (Å²) in [5, 5.41) is 6.62. The molecule has 0 atom stereocenters. The highest BCUT2D eigenvalue weighted by Gasteiger charge is 2.11. The Morgan fingerprint density at radius 1 is 1.04 bits per heavy atom. The number of anilines is 3. The van der Waals surface area contributed by atoms with Gasteiger partial charge in [0.05, 0.1) is 0 Å². The van der Waals surface area contributed by atoms with Crippen LogP contribution in [0.1, 0.15) is 11.1 Å². The number of hydrogen-bond acceptors (Lipinski definition) is 7. The Bertz CT molecular complexity index is 876. The minimum absolute atomic E-state index is 0.544. The third-order valence-electron chi connectivity index (χ3n) is 3.81. The van der Waals surface area contributed by atoms with Crippen molar-refractivity contribution in [2.45, 2.75) is 13.8 Å². The number of hydrogen-bond donors (Lipinski definition) is 2. The third kappa shape index (κ3) is 4.19. The van der Waals surface area contributed by atoms with Crippen LogP contribution in [-0.2, 0) is 0 Å². The van der Waals surface area contributed by atoms with Crippen molar-refractivity contribution in [3.05, 3.63) is 41.7 Å². The molecule has 0 aliphatic rings. The monoisotopic (exact) mass is 337 g/mol. The molecule has 0 aliphatic heterocycles. The second kappa shape index (κ2) is 7.40. The topological polar surface area (TPSA) is 78.9 Å². The lowest BCUT2D eigenvalue weighted by Gasteiger charge is -2.14. The Balaban J connectivity index is 1.94. The summed E-state index contributed by atoms with van der Waals surface area (Å²) in [4.78, 5) is 19.9. The predicted octanol–water partition coefficient (Wildman–Crippen LogP) is 2.75. The quantitative estimate of drug-likeness (QED) is 0.716. The van der Waals surface area contributed by atoms with Crippen LogP contribution in [-0.4, -0.2) is 52.0 Å². The first kappa shape index (κ1) is 17.0. The summed E-state index contributed by atoms with van der Waals surface area (Å²) in [5.41, 5.74) is 4.59. The molecule has 7 heteroatoms. The zero-order valence-electron chi connectivity index (χ0n) is 15.0. The first-order chi connectivity index (χ1) is 12.0. The smallest absolute Gasteiger partial charge is 0.226 e. The summed E-state index contributed by atoms with van der Waals surface area (Å²) in [6.07, 6.45) is 3.29. The van der Waals surface area contributed by atoms with Crippen LogP contribution in [0.5, 0.6) is 0 Å². The van der Waals surface area contributed by atoms with Gasteiger partial charge in [0.15, 0.2) is 17.0 Å². The van der Waals surface area contributed by atoms with Crippen molar-refractivity contribution in [2.24, 2.45) is 0 Å². The van der Waals surface area contributed by atoms with E-state index in [4.69, 9.17) is 0 Å². The number of nitrogens with zero attached hydrogens (tertiary/aromatic N) is 5. The normalized spacial score (nSPS) is 11.1. The molecule has 1 aromatic carbocycles. The fourth-order valence-electron chi connectivity index (χ4n) is 2.50. The van der Waals surface area contributed by atoms with Crippen LogP contribution < -0.4 is 10.6 Å². The minimum Gasteiger partial charge on any atom is -0.353 e. The van der Waals surface area contributed by atoms with Gasteiger partial charge < -0.3 is 15.5 Å². The highest BCUT2D eigenvalue weighted by Crippen LogP contribution is 2.25. The number of aromatic nitrogens is 4. The molecule has 3 rings (SSSR count). The molecule has 0 radical (unpaired) electrons. The second-order valence-electron chi connectivity index (χ2n) is 6.30. The number of fused-ring (bicyclic) bond motifs is 1. The van der Waals surface area contributed by atoms with Gasteiger partial charge in [-0.1, -0.05) is 17.7 Å². The molecule has 130 valence electrons. The van der Waals surface area contributed by atoms with Gasteiger partial charge in [0.25, 0.3) is 0 Å². The molecule has 2 aromatic heterocycles. The Hall–Kier alpha value is -2.80. The van der Waals surface area contributed by atoms with Crippen molar-refractivity contribution in [3.63, 3.8) is 0 Å². The molecule has 0 spiro atoms. The fourth-order valence-corrected chi connectivity index (χ4v) is 2.50. The molecule has 0 amide bonds. The molecule has 2 N–H and O–H groups in total. The summed E-state index contributed by atoms with van der Waals surface area (Å²) >= 11 is 0. The summed E-state index contributed by atoms with van der Waals surface area (Å²) < 4.78 is 0. The van der Waals surface area contributed by atoms with Gasteiger partial charge in [-0.05, 0) is 39.6 Å². The van der Waals surface area contributed by atoms with Crippen LogP contribution in [0.4, 0.5) is 17.5 Å². The van der Waals surface area contributed by atoms with Gasteiger partial charge in [0, 0.05) is 31.2 Å². The molecule has 0 bridgehead atoms. The van der Waals surface area contributed by atoms with E-state index in [2.05, 4.69) is 61.4 Å². The molecule has 7 nitrogen and oxygen atoms in total. The maximum Gasteiger partial charge on any atom is 0.226 e. The summed E-state index contributed by atoms with van der Waals surface area (Å²) in [7, 11) is 4.06. The van der Waals surface area contributed by atoms with E-state index in [0.29, 0.717) is 22.9 Å². The van der Waals surface area contributed by atoms with Crippen molar-refractivity contribution in [2.75, 3.05) is 37.8 Å². The standard InChI is InChI=1S/C18H23N7/c1-12-5-6-14(13(2)11-12)22-17-15-16(20-8-7-19-15)23-18(24-17)21-9-10-25(3)4/h5-8,11H,9-10H2,1-4H3,(H2,20,21,22,23,24). The molecule has 0 aliphatic carbocycles. The zero-order chi connectivity index (χ0) is 17.8.